The fraction of sp³-hybridized carbons (Fsp3) is 0.692. The number of rotatable bonds is 6. The van der Waals surface area contributed by atoms with E-state index >= 15 is 0 Å². The Bertz CT molecular complexity index is 291. The molecule has 1 aromatic rings. The first-order chi connectivity index (χ1) is 7.42. The molecule has 0 aliphatic carbocycles. The van der Waals surface area contributed by atoms with E-state index in [-0.39, 0.29) is 5.54 Å². The van der Waals surface area contributed by atoms with Crippen LogP contribution in [0.25, 0.3) is 0 Å². The van der Waals surface area contributed by atoms with Crippen molar-refractivity contribution in [3.8, 4) is 0 Å². The normalized spacial score (nSPS) is 14.4. The highest BCUT2D eigenvalue weighted by molar-refractivity contribution is 7.07. The molecule has 0 spiro atoms. The average molecular weight is 240 g/mol. The van der Waals surface area contributed by atoms with Gasteiger partial charge in [-0.15, -0.1) is 0 Å². The molecule has 0 aliphatic rings. The highest BCUT2D eigenvalue weighted by atomic mass is 32.1. The molecule has 2 nitrogen and oxygen atoms in total. The molecule has 1 N–H and O–H groups in total. The van der Waals surface area contributed by atoms with E-state index in [2.05, 4.69) is 61.9 Å². The summed E-state index contributed by atoms with van der Waals surface area (Å²) >= 11 is 1.77. The van der Waals surface area contributed by atoms with Gasteiger partial charge in [-0.3, -0.25) is 0 Å². The Hall–Kier alpha value is -0.380. The van der Waals surface area contributed by atoms with Gasteiger partial charge in [0, 0.05) is 18.1 Å². The van der Waals surface area contributed by atoms with Gasteiger partial charge in [0.25, 0.3) is 0 Å². The van der Waals surface area contributed by atoms with Gasteiger partial charge in [-0.1, -0.05) is 0 Å². The lowest BCUT2D eigenvalue weighted by Crippen LogP contribution is -2.49. The lowest BCUT2D eigenvalue weighted by atomic mass is 10.0. The van der Waals surface area contributed by atoms with Gasteiger partial charge < -0.3 is 10.2 Å². The van der Waals surface area contributed by atoms with Crippen LogP contribution < -0.4 is 5.32 Å². The second-order valence-electron chi connectivity index (χ2n) is 5.32. The van der Waals surface area contributed by atoms with Crippen LogP contribution in [0.2, 0.25) is 0 Å². The molecule has 0 amide bonds. The molecular weight excluding hydrogens is 216 g/mol. The van der Waals surface area contributed by atoms with Crippen molar-refractivity contribution in [2.75, 3.05) is 20.6 Å². The molecule has 0 bridgehead atoms. The average Bonchev–Trinajstić information content (AvgIpc) is 2.67. The zero-order valence-corrected chi connectivity index (χ0v) is 11.9. The van der Waals surface area contributed by atoms with Crippen LogP contribution in [-0.2, 0) is 6.42 Å². The summed E-state index contributed by atoms with van der Waals surface area (Å²) in [6, 6.07) is 2.74. The van der Waals surface area contributed by atoms with E-state index in [4.69, 9.17) is 0 Å². The maximum Gasteiger partial charge on any atom is 0.0271 e. The summed E-state index contributed by atoms with van der Waals surface area (Å²) in [6.45, 7) is 7.79. The number of likely N-dealkylation sites (N-methyl/N-ethyl adjacent to an activating group) is 1. The minimum atomic E-state index is 0.211. The fourth-order valence-electron chi connectivity index (χ4n) is 1.42. The molecule has 0 saturated carbocycles. The predicted octanol–water partition coefficient (Wildman–Crippen LogP) is 2.61. The van der Waals surface area contributed by atoms with E-state index in [0.29, 0.717) is 6.04 Å². The largest absolute Gasteiger partial charge is 0.312 e. The third kappa shape index (κ3) is 4.24. The van der Waals surface area contributed by atoms with Crippen molar-refractivity contribution in [1.29, 1.82) is 0 Å². The molecule has 0 aliphatic heterocycles. The van der Waals surface area contributed by atoms with Crippen LogP contribution in [0.4, 0.5) is 0 Å². The molecule has 92 valence electrons. The Kier molecular flexibility index (Phi) is 4.96. The second kappa shape index (κ2) is 5.80. The topological polar surface area (TPSA) is 15.3 Å². The summed E-state index contributed by atoms with van der Waals surface area (Å²) in [6.07, 6.45) is 1.12. The van der Waals surface area contributed by atoms with E-state index in [1.807, 2.05) is 0 Å². The molecule has 1 atom stereocenters. The van der Waals surface area contributed by atoms with Gasteiger partial charge >= 0.3 is 0 Å². The molecule has 0 saturated heterocycles. The van der Waals surface area contributed by atoms with Crippen LogP contribution in [0.1, 0.15) is 26.3 Å². The second-order valence-corrected chi connectivity index (χ2v) is 6.10. The molecule has 1 unspecified atom stereocenters. The van der Waals surface area contributed by atoms with E-state index in [1.54, 1.807) is 11.3 Å². The van der Waals surface area contributed by atoms with Gasteiger partial charge in [-0.05, 0) is 63.7 Å². The lowest BCUT2D eigenvalue weighted by Gasteiger charge is -2.34. The van der Waals surface area contributed by atoms with Crippen molar-refractivity contribution >= 4 is 11.3 Å². The summed E-state index contributed by atoms with van der Waals surface area (Å²) in [5.41, 5.74) is 1.65. The lowest BCUT2D eigenvalue weighted by molar-refractivity contribution is 0.185. The minimum absolute atomic E-state index is 0.211. The van der Waals surface area contributed by atoms with Crippen LogP contribution in [0.3, 0.4) is 0 Å². The Morgan fingerprint density at radius 1 is 1.44 bits per heavy atom. The molecule has 1 aromatic heterocycles. The highest BCUT2D eigenvalue weighted by Gasteiger charge is 2.20. The van der Waals surface area contributed by atoms with E-state index in [1.165, 1.54) is 5.56 Å². The summed E-state index contributed by atoms with van der Waals surface area (Å²) in [7, 11) is 4.26. The zero-order chi connectivity index (χ0) is 12.2. The van der Waals surface area contributed by atoms with E-state index in [0.717, 1.165) is 13.0 Å². The molecular formula is C13H24N2S. The third-order valence-electron chi connectivity index (χ3n) is 3.22. The first-order valence-corrected chi connectivity index (χ1v) is 6.78. The number of nitrogens with one attached hydrogen (secondary N) is 1. The molecule has 0 radical (unpaired) electrons. The quantitative estimate of drug-likeness (QED) is 0.822. The van der Waals surface area contributed by atoms with Gasteiger partial charge in [0.1, 0.15) is 0 Å². The Morgan fingerprint density at radius 3 is 2.62 bits per heavy atom. The first-order valence-electron chi connectivity index (χ1n) is 5.84. The van der Waals surface area contributed by atoms with E-state index < -0.39 is 0 Å². The number of hydrogen-bond donors (Lipinski definition) is 1. The van der Waals surface area contributed by atoms with Crippen LogP contribution in [0.5, 0.6) is 0 Å². The van der Waals surface area contributed by atoms with Crippen LogP contribution in [-0.4, -0.2) is 37.1 Å². The van der Waals surface area contributed by atoms with Crippen LogP contribution in [0.15, 0.2) is 16.8 Å². The summed E-state index contributed by atoms with van der Waals surface area (Å²) in [5, 5.41) is 7.98. The SMILES string of the molecule is CC(Cc1ccsc1)NCC(C)(C)N(C)C. The Labute approximate surface area is 104 Å². The first kappa shape index (κ1) is 13.7. The van der Waals surface area contributed by atoms with Gasteiger partial charge in [-0.25, -0.2) is 0 Å². The summed E-state index contributed by atoms with van der Waals surface area (Å²) < 4.78 is 0. The maximum atomic E-state index is 3.61. The fourth-order valence-corrected chi connectivity index (χ4v) is 2.10. The van der Waals surface area contributed by atoms with Gasteiger partial charge in [0.15, 0.2) is 0 Å². The van der Waals surface area contributed by atoms with Crippen molar-refractivity contribution < 1.29 is 0 Å². The van der Waals surface area contributed by atoms with Gasteiger partial charge in [0.05, 0.1) is 0 Å². The smallest absolute Gasteiger partial charge is 0.0271 e. The van der Waals surface area contributed by atoms with Crippen molar-refractivity contribution in [3.63, 3.8) is 0 Å². The van der Waals surface area contributed by atoms with Crippen molar-refractivity contribution in [2.24, 2.45) is 0 Å². The molecule has 16 heavy (non-hydrogen) atoms. The van der Waals surface area contributed by atoms with Crippen LogP contribution in [0, 0.1) is 0 Å². The third-order valence-corrected chi connectivity index (χ3v) is 3.95. The zero-order valence-electron chi connectivity index (χ0n) is 11.1. The highest BCUT2D eigenvalue weighted by Crippen LogP contribution is 2.11. The van der Waals surface area contributed by atoms with Crippen molar-refractivity contribution in [1.82, 2.24) is 10.2 Å². The standard InChI is InChI=1S/C13H24N2S/c1-11(8-12-6-7-16-9-12)14-10-13(2,3)15(4)5/h6-7,9,11,14H,8,10H2,1-5H3. The molecule has 3 heteroatoms. The van der Waals surface area contributed by atoms with Crippen molar-refractivity contribution in [2.45, 2.75) is 38.8 Å². The van der Waals surface area contributed by atoms with Crippen molar-refractivity contribution in [3.05, 3.63) is 22.4 Å². The number of thiophene rings is 1. The number of nitrogens with zero attached hydrogens (tertiary/aromatic N) is 1. The maximum absolute atomic E-state index is 3.61. The molecule has 1 heterocycles. The minimum Gasteiger partial charge on any atom is -0.312 e. The molecule has 0 aromatic carbocycles. The Morgan fingerprint density at radius 2 is 2.12 bits per heavy atom. The number of hydrogen-bond acceptors (Lipinski definition) is 3. The monoisotopic (exact) mass is 240 g/mol. The van der Waals surface area contributed by atoms with Crippen LogP contribution >= 0.6 is 11.3 Å². The molecule has 1 rings (SSSR count). The van der Waals surface area contributed by atoms with Gasteiger partial charge in [0.2, 0.25) is 0 Å². The summed E-state index contributed by atoms with van der Waals surface area (Å²) in [5.74, 6) is 0. The van der Waals surface area contributed by atoms with E-state index in [9.17, 15) is 0 Å². The summed E-state index contributed by atoms with van der Waals surface area (Å²) in [4.78, 5) is 2.26. The molecule has 0 fully saturated rings. The van der Waals surface area contributed by atoms with Gasteiger partial charge in [-0.2, -0.15) is 11.3 Å². The Balaban J connectivity index is 2.33. The predicted molar refractivity (Wildman–Crippen MR) is 73.3 cm³/mol.